The lowest BCUT2D eigenvalue weighted by atomic mass is 10.2. The van der Waals surface area contributed by atoms with Crippen molar-refractivity contribution in [2.45, 2.75) is 38.6 Å². The highest BCUT2D eigenvalue weighted by molar-refractivity contribution is 8.00. The maximum absolute atomic E-state index is 5.76. The molecule has 1 aliphatic heterocycles. The molecule has 96 valence electrons. The molecule has 17 heavy (non-hydrogen) atoms. The second kappa shape index (κ2) is 5.04. The quantitative estimate of drug-likeness (QED) is 0.899. The number of rotatable bonds is 3. The summed E-state index contributed by atoms with van der Waals surface area (Å²) in [6, 6.07) is 2.12. The highest BCUT2D eigenvalue weighted by Gasteiger charge is 2.27. The molecule has 1 aromatic heterocycles. The van der Waals surface area contributed by atoms with Gasteiger partial charge < -0.3 is 10.2 Å². The molecule has 2 rings (SSSR count). The minimum absolute atomic E-state index is 0.358. The number of nitrogens with zero attached hydrogens (tertiary/aromatic N) is 1. The molecule has 0 aliphatic carbocycles. The molecule has 1 aliphatic rings. The first-order valence-corrected chi connectivity index (χ1v) is 7.13. The lowest BCUT2D eigenvalue weighted by Gasteiger charge is -2.37. The Morgan fingerprint density at radius 2 is 2.29 bits per heavy atom. The van der Waals surface area contributed by atoms with Gasteiger partial charge in [-0.2, -0.15) is 11.8 Å². The molecule has 1 aromatic rings. The van der Waals surface area contributed by atoms with Gasteiger partial charge in [-0.25, -0.2) is 0 Å². The van der Waals surface area contributed by atoms with Crippen LogP contribution in [0.1, 0.15) is 30.9 Å². The smallest absolute Gasteiger partial charge is 0.120 e. The van der Waals surface area contributed by atoms with E-state index in [0.29, 0.717) is 11.3 Å². The molecular weight excluding hydrogens is 232 g/mol. The van der Waals surface area contributed by atoms with Crippen LogP contribution in [0, 0.1) is 6.92 Å². The van der Waals surface area contributed by atoms with Gasteiger partial charge in [-0.3, -0.25) is 4.90 Å². The highest BCUT2D eigenvalue weighted by atomic mass is 32.2. The van der Waals surface area contributed by atoms with E-state index in [1.807, 2.05) is 0 Å². The SMILES string of the molecule is Cc1cc(CN2CCSC(C)(C)C2)oc1CN. The van der Waals surface area contributed by atoms with Gasteiger partial charge in [0, 0.05) is 23.6 Å². The summed E-state index contributed by atoms with van der Waals surface area (Å²) in [7, 11) is 0. The predicted molar refractivity (Wildman–Crippen MR) is 73.2 cm³/mol. The van der Waals surface area contributed by atoms with Crippen LogP contribution in [0.25, 0.3) is 0 Å². The van der Waals surface area contributed by atoms with Crippen molar-refractivity contribution < 1.29 is 4.42 Å². The lowest BCUT2D eigenvalue weighted by molar-refractivity contribution is 0.231. The first kappa shape index (κ1) is 13.0. The van der Waals surface area contributed by atoms with Crippen LogP contribution in [0.2, 0.25) is 0 Å². The van der Waals surface area contributed by atoms with E-state index in [9.17, 15) is 0 Å². The second-order valence-electron chi connectivity index (χ2n) is 5.34. The third-order valence-corrected chi connectivity index (χ3v) is 4.44. The third-order valence-electron chi connectivity index (χ3n) is 3.14. The Kier molecular flexibility index (Phi) is 3.85. The first-order valence-electron chi connectivity index (χ1n) is 6.15. The van der Waals surface area contributed by atoms with Gasteiger partial charge >= 0.3 is 0 Å². The number of hydrogen-bond donors (Lipinski definition) is 1. The van der Waals surface area contributed by atoms with Gasteiger partial charge in [-0.15, -0.1) is 0 Å². The standard InChI is InChI=1S/C13H22N2OS/c1-10-6-11(16-12(10)7-14)8-15-4-5-17-13(2,3)9-15/h6H,4-5,7-9,14H2,1-3H3. The zero-order chi connectivity index (χ0) is 12.5. The van der Waals surface area contributed by atoms with Crippen LogP contribution in [0.5, 0.6) is 0 Å². The molecule has 0 unspecified atom stereocenters. The molecule has 1 saturated heterocycles. The summed E-state index contributed by atoms with van der Waals surface area (Å²) in [5, 5.41) is 0. The Hall–Kier alpha value is -0.450. The Balaban J connectivity index is 2.00. The van der Waals surface area contributed by atoms with Gasteiger partial charge in [0.2, 0.25) is 0 Å². The second-order valence-corrected chi connectivity index (χ2v) is 7.14. The van der Waals surface area contributed by atoms with E-state index in [4.69, 9.17) is 10.2 Å². The number of nitrogens with two attached hydrogens (primary N) is 1. The van der Waals surface area contributed by atoms with Crippen molar-refractivity contribution in [2.24, 2.45) is 5.73 Å². The zero-order valence-electron chi connectivity index (χ0n) is 11.0. The van der Waals surface area contributed by atoms with Crippen LogP contribution in [-0.4, -0.2) is 28.5 Å². The van der Waals surface area contributed by atoms with E-state index >= 15 is 0 Å². The summed E-state index contributed by atoms with van der Waals surface area (Å²) < 4.78 is 6.12. The Morgan fingerprint density at radius 3 is 2.88 bits per heavy atom. The molecule has 2 N–H and O–H groups in total. The summed E-state index contributed by atoms with van der Waals surface area (Å²) in [5.74, 6) is 3.17. The average molecular weight is 254 g/mol. The van der Waals surface area contributed by atoms with Crippen molar-refractivity contribution in [3.63, 3.8) is 0 Å². The Bertz CT molecular complexity index is 387. The van der Waals surface area contributed by atoms with E-state index in [1.54, 1.807) is 0 Å². The maximum Gasteiger partial charge on any atom is 0.120 e. The van der Waals surface area contributed by atoms with Crippen LogP contribution in [-0.2, 0) is 13.1 Å². The van der Waals surface area contributed by atoms with Crippen molar-refractivity contribution in [3.8, 4) is 0 Å². The lowest BCUT2D eigenvalue weighted by Crippen LogP contribution is -2.42. The molecule has 0 atom stereocenters. The fourth-order valence-corrected chi connectivity index (χ4v) is 3.52. The molecule has 0 saturated carbocycles. The fourth-order valence-electron chi connectivity index (χ4n) is 2.34. The zero-order valence-corrected chi connectivity index (χ0v) is 11.8. The molecule has 0 aromatic carbocycles. The van der Waals surface area contributed by atoms with Crippen LogP contribution in [0.3, 0.4) is 0 Å². The molecule has 0 radical (unpaired) electrons. The Morgan fingerprint density at radius 1 is 1.53 bits per heavy atom. The summed E-state index contributed by atoms with van der Waals surface area (Å²) in [5.41, 5.74) is 6.80. The minimum Gasteiger partial charge on any atom is -0.463 e. The number of furan rings is 1. The topological polar surface area (TPSA) is 42.4 Å². The van der Waals surface area contributed by atoms with Gasteiger partial charge in [0.1, 0.15) is 11.5 Å². The van der Waals surface area contributed by atoms with Crippen LogP contribution in [0.4, 0.5) is 0 Å². The van der Waals surface area contributed by atoms with Gasteiger partial charge in [-0.1, -0.05) is 0 Å². The molecule has 0 bridgehead atoms. The van der Waals surface area contributed by atoms with Crippen molar-refractivity contribution in [2.75, 3.05) is 18.8 Å². The molecule has 2 heterocycles. The minimum atomic E-state index is 0.358. The van der Waals surface area contributed by atoms with Gasteiger partial charge in [-0.05, 0) is 32.4 Å². The molecule has 1 fully saturated rings. The average Bonchev–Trinajstić information content (AvgIpc) is 2.57. The van der Waals surface area contributed by atoms with Crippen LogP contribution >= 0.6 is 11.8 Å². The van der Waals surface area contributed by atoms with E-state index in [1.165, 1.54) is 11.3 Å². The molecule has 0 spiro atoms. The first-order chi connectivity index (χ1) is 8.00. The molecular formula is C13H22N2OS. The molecule has 4 heteroatoms. The van der Waals surface area contributed by atoms with E-state index in [0.717, 1.165) is 31.2 Å². The van der Waals surface area contributed by atoms with Crippen molar-refractivity contribution >= 4 is 11.8 Å². The fraction of sp³-hybridized carbons (Fsp3) is 0.692. The number of hydrogen-bond acceptors (Lipinski definition) is 4. The normalized spacial score (nSPS) is 20.7. The monoisotopic (exact) mass is 254 g/mol. The summed E-state index contributed by atoms with van der Waals surface area (Å²) in [6.07, 6.45) is 0. The van der Waals surface area contributed by atoms with Gasteiger partial charge in [0.15, 0.2) is 0 Å². The number of thioether (sulfide) groups is 1. The van der Waals surface area contributed by atoms with E-state index < -0.39 is 0 Å². The van der Waals surface area contributed by atoms with E-state index in [-0.39, 0.29) is 0 Å². The largest absolute Gasteiger partial charge is 0.463 e. The maximum atomic E-state index is 5.76. The van der Waals surface area contributed by atoms with Crippen molar-refractivity contribution in [1.29, 1.82) is 0 Å². The molecule has 3 nitrogen and oxygen atoms in total. The summed E-state index contributed by atoms with van der Waals surface area (Å²) in [6.45, 7) is 10.3. The summed E-state index contributed by atoms with van der Waals surface area (Å²) in [4.78, 5) is 2.47. The van der Waals surface area contributed by atoms with Crippen LogP contribution < -0.4 is 5.73 Å². The number of aryl methyl sites for hydroxylation is 1. The van der Waals surface area contributed by atoms with Gasteiger partial charge in [0.05, 0.1) is 13.1 Å². The summed E-state index contributed by atoms with van der Waals surface area (Å²) >= 11 is 2.06. The van der Waals surface area contributed by atoms with E-state index in [2.05, 4.69) is 43.5 Å². The van der Waals surface area contributed by atoms with Crippen molar-refractivity contribution in [3.05, 3.63) is 23.2 Å². The van der Waals surface area contributed by atoms with Crippen molar-refractivity contribution in [1.82, 2.24) is 4.90 Å². The van der Waals surface area contributed by atoms with Crippen LogP contribution in [0.15, 0.2) is 10.5 Å². The highest BCUT2D eigenvalue weighted by Crippen LogP contribution is 2.30. The Labute approximate surface area is 108 Å². The molecule has 0 amide bonds. The third kappa shape index (κ3) is 3.27. The predicted octanol–water partition coefficient (Wildman–Crippen LogP) is 2.37. The van der Waals surface area contributed by atoms with Gasteiger partial charge in [0.25, 0.3) is 0 Å².